The lowest BCUT2D eigenvalue weighted by Gasteiger charge is -2.06. The average Bonchev–Trinajstić information content (AvgIpc) is 2.39. The number of rotatable bonds is 3. The number of alkyl halides is 3. The Hall–Kier alpha value is -1.89. The number of aromatic nitrogens is 2. The Bertz CT molecular complexity index is 584. The second kappa shape index (κ2) is 5.40. The van der Waals surface area contributed by atoms with Crippen molar-refractivity contribution in [3.05, 3.63) is 47.8 Å². The quantitative estimate of drug-likeness (QED) is 0.809. The molecule has 0 saturated heterocycles. The van der Waals surface area contributed by atoms with Crippen LogP contribution in [0.2, 0.25) is 0 Å². The number of aldehydes is 1. The van der Waals surface area contributed by atoms with Crippen LogP contribution >= 0.6 is 11.8 Å². The molecule has 0 saturated carbocycles. The zero-order valence-corrected chi connectivity index (χ0v) is 10.2. The predicted molar refractivity (Wildman–Crippen MR) is 63.0 cm³/mol. The van der Waals surface area contributed by atoms with Gasteiger partial charge in [-0.25, -0.2) is 9.97 Å². The fourth-order valence-electron chi connectivity index (χ4n) is 1.29. The van der Waals surface area contributed by atoms with Crippen LogP contribution in [0.5, 0.6) is 0 Å². The first-order valence-electron chi connectivity index (χ1n) is 5.12. The molecule has 2 aromatic heterocycles. The Morgan fingerprint density at radius 2 is 1.95 bits per heavy atom. The Balaban J connectivity index is 2.22. The SMILES string of the molecule is O=Cc1cccnc1Sc1ccc(C(F)(F)F)cn1. The molecular formula is C12H7F3N2OS. The molecule has 0 atom stereocenters. The standard InChI is InChI=1S/C12H7F3N2OS/c13-12(14,15)9-3-4-10(17-6-9)19-11-8(7-18)2-1-5-16-11/h1-7H. The smallest absolute Gasteiger partial charge is 0.298 e. The van der Waals surface area contributed by atoms with E-state index in [0.29, 0.717) is 21.9 Å². The predicted octanol–water partition coefficient (Wildman–Crippen LogP) is 3.46. The molecule has 0 fully saturated rings. The third kappa shape index (κ3) is 3.31. The lowest BCUT2D eigenvalue weighted by atomic mass is 10.3. The Labute approximate surface area is 110 Å². The summed E-state index contributed by atoms with van der Waals surface area (Å²) in [6.07, 6.45) is -1.51. The molecule has 0 amide bonds. The van der Waals surface area contributed by atoms with Gasteiger partial charge < -0.3 is 0 Å². The first-order chi connectivity index (χ1) is 9.00. The van der Waals surface area contributed by atoms with Crippen LogP contribution in [0.25, 0.3) is 0 Å². The first kappa shape index (κ1) is 13.5. The van der Waals surface area contributed by atoms with Crippen molar-refractivity contribution in [2.24, 2.45) is 0 Å². The van der Waals surface area contributed by atoms with Gasteiger partial charge in [0.25, 0.3) is 0 Å². The third-order valence-electron chi connectivity index (χ3n) is 2.19. The molecule has 3 nitrogen and oxygen atoms in total. The van der Waals surface area contributed by atoms with Gasteiger partial charge in [0.1, 0.15) is 10.1 Å². The molecule has 0 aromatic carbocycles. The van der Waals surface area contributed by atoms with E-state index >= 15 is 0 Å². The summed E-state index contributed by atoms with van der Waals surface area (Å²) in [6.45, 7) is 0. The van der Waals surface area contributed by atoms with Crippen molar-refractivity contribution in [1.82, 2.24) is 9.97 Å². The average molecular weight is 284 g/mol. The molecule has 2 heterocycles. The van der Waals surface area contributed by atoms with Crippen molar-refractivity contribution in [3.63, 3.8) is 0 Å². The fraction of sp³-hybridized carbons (Fsp3) is 0.0833. The van der Waals surface area contributed by atoms with E-state index in [1.165, 1.54) is 12.3 Å². The number of carbonyl (C=O) groups is 1. The number of nitrogens with zero attached hydrogens (tertiary/aromatic N) is 2. The van der Waals surface area contributed by atoms with E-state index in [4.69, 9.17) is 0 Å². The minimum atomic E-state index is -4.41. The number of hydrogen-bond acceptors (Lipinski definition) is 4. The number of halogens is 3. The summed E-state index contributed by atoms with van der Waals surface area (Å²) in [7, 11) is 0. The van der Waals surface area contributed by atoms with E-state index in [1.54, 1.807) is 12.1 Å². The Kier molecular flexibility index (Phi) is 3.84. The van der Waals surface area contributed by atoms with Crippen LogP contribution in [0, 0.1) is 0 Å². The maximum absolute atomic E-state index is 12.4. The van der Waals surface area contributed by atoms with Crippen molar-refractivity contribution >= 4 is 18.0 Å². The van der Waals surface area contributed by atoms with Crippen LogP contribution in [-0.2, 0) is 6.18 Å². The molecule has 0 radical (unpaired) electrons. The highest BCUT2D eigenvalue weighted by atomic mass is 32.2. The Morgan fingerprint density at radius 3 is 2.53 bits per heavy atom. The Morgan fingerprint density at radius 1 is 1.16 bits per heavy atom. The lowest BCUT2D eigenvalue weighted by molar-refractivity contribution is -0.137. The molecule has 2 aromatic rings. The molecule has 0 aliphatic carbocycles. The summed E-state index contributed by atoms with van der Waals surface area (Å²) in [6, 6.07) is 5.37. The topological polar surface area (TPSA) is 42.9 Å². The van der Waals surface area contributed by atoms with Gasteiger partial charge in [0.2, 0.25) is 0 Å². The normalized spacial score (nSPS) is 11.3. The van der Waals surface area contributed by atoms with E-state index in [9.17, 15) is 18.0 Å². The summed E-state index contributed by atoms with van der Waals surface area (Å²) in [5.41, 5.74) is -0.442. The molecule has 0 bridgehead atoms. The molecule has 2 rings (SSSR count). The molecule has 0 N–H and O–H groups in total. The highest BCUT2D eigenvalue weighted by Crippen LogP contribution is 2.31. The van der Waals surface area contributed by atoms with Crippen molar-refractivity contribution in [3.8, 4) is 0 Å². The van der Waals surface area contributed by atoms with E-state index in [0.717, 1.165) is 24.0 Å². The maximum atomic E-state index is 12.4. The van der Waals surface area contributed by atoms with Crippen molar-refractivity contribution in [1.29, 1.82) is 0 Å². The van der Waals surface area contributed by atoms with Gasteiger partial charge in [-0.1, -0.05) is 0 Å². The summed E-state index contributed by atoms with van der Waals surface area (Å²) in [5.74, 6) is 0. The van der Waals surface area contributed by atoms with Crippen LogP contribution < -0.4 is 0 Å². The van der Waals surface area contributed by atoms with Crippen LogP contribution in [0.3, 0.4) is 0 Å². The van der Waals surface area contributed by atoms with E-state index in [2.05, 4.69) is 9.97 Å². The van der Waals surface area contributed by atoms with E-state index in [-0.39, 0.29) is 0 Å². The minimum Gasteiger partial charge on any atom is -0.298 e. The van der Waals surface area contributed by atoms with Crippen LogP contribution in [0.4, 0.5) is 13.2 Å². The van der Waals surface area contributed by atoms with Crippen LogP contribution in [-0.4, -0.2) is 16.3 Å². The number of pyridine rings is 2. The van der Waals surface area contributed by atoms with E-state index in [1.807, 2.05) is 0 Å². The lowest BCUT2D eigenvalue weighted by Crippen LogP contribution is -2.05. The first-order valence-corrected chi connectivity index (χ1v) is 5.93. The largest absolute Gasteiger partial charge is 0.417 e. The summed E-state index contributed by atoms with van der Waals surface area (Å²) < 4.78 is 37.1. The highest BCUT2D eigenvalue weighted by Gasteiger charge is 2.30. The molecular weight excluding hydrogens is 277 g/mol. The van der Waals surface area contributed by atoms with Gasteiger partial charge in [-0.05, 0) is 36.0 Å². The van der Waals surface area contributed by atoms with Gasteiger partial charge in [0.15, 0.2) is 6.29 Å². The van der Waals surface area contributed by atoms with Gasteiger partial charge in [-0.3, -0.25) is 4.79 Å². The van der Waals surface area contributed by atoms with Gasteiger partial charge >= 0.3 is 6.18 Å². The summed E-state index contributed by atoms with van der Waals surface area (Å²) in [4.78, 5) is 18.5. The summed E-state index contributed by atoms with van der Waals surface area (Å²) >= 11 is 1.04. The second-order valence-electron chi connectivity index (χ2n) is 3.50. The molecule has 0 aliphatic rings. The molecule has 0 aliphatic heterocycles. The number of hydrogen-bond donors (Lipinski definition) is 0. The van der Waals surface area contributed by atoms with Crippen LogP contribution in [0.15, 0.2) is 46.7 Å². The highest BCUT2D eigenvalue weighted by molar-refractivity contribution is 7.99. The van der Waals surface area contributed by atoms with Crippen molar-refractivity contribution in [2.75, 3.05) is 0 Å². The third-order valence-corrected chi connectivity index (χ3v) is 3.18. The maximum Gasteiger partial charge on any atom is 0.417 e. The van der Waals surface area contributed by atoms with E-state index < -0.39 is 11.7 Å². The van der Waals surface area contributed by atoms with Crippen molar-refractivity contribution in [2.45, 2.75) is 16.2 Å². The van der Waals surface area contributed by atoms with Crippen LogP contribution in [0.1, 0.15) is 15.9 Å². The van der Waals surface area contributed by atoms with Gasteiger partial charge in [0, 0.05) is 18.0 Å². The molecule has 98 valence electrons. The van der Waals surface area contributed by atoms with Gasteiger partial charge in [-0.2, -0.15) is 13.2 Å². The summed E-state index contributed by atoms with van der Waals surface area (Å²) in [5, 5.41) is 0.750. The number of carbonyl (C=O) groups excluding carboxylic acids is 1. The van der Waals surface area contributed by atoms with Gasteiger partial charge in [0.05, 0.1) is 5.56 Å². The molecule has 7 heteroatoms. The molecule has 19 heavy (non-hydrogen) atoms. The zero-order valence-electron chi connectivity index (χ0n) is 9.39. The van der Waals surface area contributed by atoms with Crippen molar-refractivity contribution < 1.29 is 18.0 Å². The minimum absolute atomic E-state index is 0.342. The second-order valence-corrected chi connectivity index (χ2v) is 4.51. The molecule has 0 unspecified atom stereocenters. The molecule has 0 spiro atoms. The zero-order chi connectivity index (χ0) is 13.9. The van der Waals surface area contributed by atoms with Gasteiger partial charge in [-0.15, -0.1) is 0 Å². The fourth-order valence-corrected chi connectivity index (χ4v) is 2.07. The monoisotopic (exact) mass is 284 g/mol.